The van der Waals surface area contributed by atoms with E-state index in [2.05, 4.69) is 12.2 Å². The lowest BCUT2D eigenvalue weighted by Gasteiger charge is -2.25. The summed E-state index contributed by atoms with van der Waals surface area (Å²) in [6.45, 7) is 4.42. The Morgan fingerprint density at radius 1 is 1.10 bits per heavy atom. The predicted molar refractivity (Wildman–Crippen MR) is 167 cm³/mol. The standard InChI is InChI=1S/C30H55N2O8PS/c1-3-4-5-6-7-8-9-10-11-12-13-14-15-16-18-26(2)31-29(33)38-25-28(27-19-17-22-37-27)40-41(35,36)39-23-20-32-21-24-42-30(32)34/h21,24,26-28H,3-20,22-23,25H2,1-2H3,(H,31,33)(H,35,36). The number of alkyl carbamates (subject to hydrolysis) is 1. The monoisotopic (exact) mass is 634 g/mol. The van der Waals surface area contributed by atoms with Crippen LogP contribution in [0.1, 0.15) is 123 Å². The summed E-state index contributed by atoms with van der Waals surface area (Å²) in [7, 11) is -4.47. The van der Waals surface area contributed by atoms with Crippen molar-refractivity contribution in [3.05, 3.63) is 21.2 Å². The molecule has 4 atom stereocenters. The number of thiazole rings is 1. The first-order valence-electron chi connectivity index (χ1n) is 16.1. The summed E-state index contributed by atoms with van der Waals surface area (Å²) in [6, 6.07) is -0.0373. The summed E-state index contributed by atoms with van der Waals surface area (Å²) in [5.41, 5.74) is 0. The maximum atomic E-state index is 12.5. The summed E-state index contributed by atoms with van der Waals surface area (Å²) in [5.74, 6) is 0. The number of rotatable bonds is 25. The third kappa shape index (κ3) is 17.2. The number of phosphoric acid groups is 1. The van der Waals surface area contributed by atoms with Gasteiger partial charge in [-0.05, 0) is 26.2 Å². The molecular weight excluding hydrogens is 579 g/mol. The fourth-order valence-electron chi connectivity index (χ4n) is 5.13. The SMILES string of the molecule is CCCCCCCCCCCCCCCCC(C)NC(=O)OCC(OP(=O)(O)OCCn1ccsc1=O)C1CCCO1. The van der Waals surface area contributed by atoms with Crippen LogP contribution in [0.3, 0.4) is 0 Å². The minimum absolute atomic E-state index is 0.0373. The second kappa shape index (κ2) is 22.3. The van der Waals surface area contributed by atoms with E-state index < -0.39 is 26.1 Å². The largest absolute Gasteiger partial charge is 0.472 e. The number of carbonyl (C=O) groups is 1. The van der Waals surface area contributed by atoms with Crippen LogP contribution >= 0.6 is 19.2 Å². The number of amides is 1. The van der Waals surface area contributed by atoms with Crippen LogP contribution in [0.25, 0.3) is 0 Å². The van der Waals surface area contributed by atoms with E-state index >= 15 is 0 Å². The summed E-state index contributed by atoms with van der Waals surface area (Å²) >= 11 is 1.03. The Morgan fingerprint density at radius 3 is 2.26 bits per heavy atom. The van der Waals surface area contributed by atoms with Crippen molar-refractivity contribution in [1.82, 2.24) is 9.88 Å². The van der Waals surface area contributed by atoms with Crippen molar-refractivity contribution in [2.45, 2.75) is 148 Å². The molecule has 0 aliphatic carbocycles. The highest BCUT2D eigenvalue weighted by Crippen LogP contribution is 2.45. The molecule has 12 heteroatoms. The smallest absolute Gasteiger partial charge is 0.447 e. The zero-order valence-electron chi connectivity index (χ0n) is 25.8. The van der Waals surface area contributed by atoms with Crippen LogP contribution in [0.4, 0.5) is 4.79 Å². The minimum Gasteiger partial charge on any atom is -0.447 e. The third-order valence-corrected chi connectivity index (χ3v) is 9.35. The molecule has 0 aromatic carbocycles. The van der Waals surface area contributed by atoms with Crippen molar-refractivity contribution in [3.63, 3.8) is 0 Å². The van der Waals surface area contributed by atoms with E-state index in [1.54, 1.807) is 11.6 Å². The molecule has 1 saturated heterocycles. The van der Waals surface area contributed by atoms with E-state index in [-0.39, 0.29) is 30.7 Å². The van der Waals surface area contributed by atoms with Crippen molar-refractivity contribution in [1.29, 1.82) is 0 Å². The molecule has 0 radical (unpaired) electrons. The normalized spacial score (nSPS) is 18.0. The second-order valence-corrected chi connectivity index (χ2v) is 13.7. The predicted octanol–water partition coefficient (Wildman–Crippen LogP) is 7.58. The van der Waals surface area contributed by atoms with Crippen molar-refractivity contribution in [3.8, 4) is 0 Å². The Bertz CT molecular complexity index is 936. The van der Waals surface area contributed by atoms with Gasteiger partial charge in [-0.15, -0.1) is 0 Å². The molecule has 1 fully saturated rings. The van der Waals surface area contributed by atoms with E-state index in [9.17, 15) is 19.0 Å². The highest BCUT2D eigenvalue weighted by atomic mass is 32.1. The average Bonchev–Trinajstić information content (AvgIpc) is 3.63. The highest BCUT2D eigenvalue weighted by molar-refractivity contribution is 7.47. The van der Waals surface area contributed by atoms with Gasteiger partial charge in [-0.3, -0.25) is 13.8 Å². The van der Waals surface area contributed by atoms with Gasteiger partial charge in [-0.2, -0.15) is 0 Å². The Morgan fingerprint density at radius 2 is 1.71 bits per heavy atom. The van der Waals surface area contributed by atoms with Gasteiger partial charge in [0.1, 0.15) is 12.7 Å². The molecule has 1 aliphatic heterocycles. The molecule has 0 bridgehead atoms. The van der Waals surface area contributed by atoms with Gasteiger partial charge < -0.3 is 24.3 Å². The van der Waals surface area contributed by atoms with E-state index in [1.807, 2.05) is 6.92 Å². The number of carbonyl (C=O) groups excluding carboxylic acids is 1. The number of hydrogen-bond donors (Lipinski definition) is 2. The molecule has 1 amide bonds. The Balaban J connectivity index is 1.55. The van der Waals surface area contributed by atoms with Crippen molar-refractivity contribution in [2.75, 3.05) is 19.8 Å². The van der Waals surface area contributed by atoms with Crippen LogP contribution in [0.2, 0.25) is 0 Å². The van der Waals surface area contributed by atoms with Gasteiger partial charge in [0.15, 0.2) is 0 Å². The Kier molecular flexibility index (Phi) is 19.6. The molecule has 1 aromatic heterocycles. The third-order valence-electron chi connectivity index (χ3n) is 7.61. The fraction of sp³-hybridized carbons (Fsp3) is 0.867. The molecule has 2 heterocycles. The topological polar surface area (TPSA) is 125 Å². The molecule has 4 unspecified atom stereocenters. The number of hydrogen-bond acceptors (Lipinski definition) is 8. The number of aromatic nitrogens is 1. The lowest BCUT2D eigenvalue weighted by molar-refractivity contribution is -0.0352. The molecule has 244 valence electrons. The highest BCUT2D eigenvalue weighted by Gasteiger charge is 2.35. The zero-order chi connectivity index (χ0) is 30.5. The second-order valence-electron chi connectivity index (χ2n) is 11.4. The lowest BCUT2D eigenvalue weighted by atomic mass is 10.0. The van der Waals surface area contributed by atoms with Gasteiger partial charge in [0.2, 0.25) is 0 Å². The molecule has 0 spiro atoms. The molecule has 2 rings (SSSR count). The van der Waals surface area contributed by atoms with Crippen molar-refractivity contribution < 1.29 is 32.8 Å². The van der Waals surface area contributed by atoms with Crippen molar-refractivity contribution >= 4 is 25.3 Å². The first-order chi connectivity index (χ1) is 20.3. The van der Waals surface area contributed by atoms with Crippen LogP contribution in [0.5, 0.6) is 0 Å². The van der Waals surface area contributed by atoms with E-state index in [4.69, 9.17) is 18.5 Å². The van der Waals surface area contributed by atoms with Gasteiger partial charge in [-0.1, -0.05) is 108 Å². The van der Waals surface area contributed by atoms with Crippen molar-refractivity contribution in [2.24, 2.45) is 0 Å². The minimum atomic E-state index is -4.47. The van der Waals surface area contributed by atoms with Crippen LogP contribution in [-0.2, 0) is 29.6 Å². The first-order valence-corrected chi connectivity index (χ1v) is 18.5. The number of nitrogens with zero attached hydrogens (tertiary/aromatic N) is 1. The van der Waals surface area contributed by atoms with Crippen LogP contribution in [-0.4, -0.2) is 53.6 Å². The zero-order valence-corrected chi connectivity index (χ0v) is 27.6. The molecule has 0 saturated carbocycles. The molecule has 10 nitrogen and oxygen atoms in total. The summed E-state index contributed by atoms with van der Waals surface area (Å²) in [6.07, 6.45) is 20.2. The van der Waals surface area contributed by atoms with Gasteiger partial charge in [0.05, 0.1) is 19.3 Å². The average molecular weight is 635 g/mol. The van der Waals surface area contributed by atoms with E-state index in [1.165, 1.54) is 81.6 Å². The summed E-state index contributed by atoms with van der Waals surface area (Å²) < 4.78 is 35.3. The van der Waals surface area contributed by atoms with Gasteiger partial charge in [-0.25, -0.2) is 9.36 Å². The van der Waals surface area contributed by atoms with Crippen LogP contribution < -0.4 is 10.2 Å². The molecule has 1 aliphatic rings. The maximum Gasteiger partial charge on any atom is 0.472 e. The maximum absolute atomic E-state index is 12.5. The molecular formula is C30H55N2O8PS. The van der Waals surface area contributed by atoms with E-state index in [0.717, 1.165) is 37.0 Å². The number of ether oxygens (including phenoxy) is 2. The molecule has 42 heavy (non-hydrogen) atoms. The Hall–Kier alpha value is -1.23. The number of phosphoric ester groups is 1. The molecule has 2 N–H and O–H groups in total. The van der Waals surface area contributed by atoms with Gasteiger partial charge in [0.25, 0.3) is 0 Å². The summed E-state index contributed by atoms with van der Waals surface area (Å²) in [4.78, 5) is 34.1. The van der Waals surface area contributed by atoms with E-state index in [0.29, 0.717) is 13.0 Å². The molecule has 1 aromatic rings. The van der Waals surface area contributed by atoms with Gasteiger partial charge in [0, 0.05) is 24.2 Å². The Labute approximate surface area is 256 Å². The van der Waals surface area contributed by atoms with Gasteiger partial charge >= 0.3 is 18.8 Å². The van der Waals surface area contributed by atoms with Crippen LogP contribution in [0.15, 0.2) is 16.4 Å². The fourth-order valence-corrected chi connectivity index (χ4v) is 6.66. The summed E-state index contributed by atoms with van der Waals surface area (Å²) in [5, 5.41) is 4.47. The number of nitrogens with one attached hydrogen (secondary N) is 1. The first kappa shape index (κ1) is 37.0. The quantitative estimate of drug-likeness (QED) is 0.0833. The lowest BCUT2D eigenvalue weighted by Crippen LogP contribution is -2.38. The number of unbranched alkanes of at least 4 members (excludes halogenated alkanes) is 13. The van der Waals surface area contributed by atoms with Crippen LogP contribution in [0, 0.1) is 0 Å².